The second-order valence-corrected chi connectivity index (χ2v) is 8.89. The van der Waals surface area contributed by atoms with E-state index < -0.39 is 17.5 Å². The standard InChI is InChI=1S/C21H21ClN4O3S/c1-3-10-25(20-23-16(12-30-20)13-4-8-15(22)9-5-13)17(27)11-26-18(28)21(2,14-6-7-14)24-19(26)29/h3-5,8-9,12,14H,1,6-7,10-11H2,2H3,(H,24,29)/t21-/m1/s1. The van der Waals surface area contributed by atoms with Crippen LogP contribution < -0.4 is 10.2 Å². The summed E-state index contributed by atoms with van der Waals surface area (Å²) in [6.45, 7) is 5.32. The number of amides is 4. The zero-order valence-corrected chi connectivity index (χ0v) is 18.0. The minimum absolute atomic E-state index is 0.138. The number of hydrogen-bond acceptors (Lipinski definition) is 5. The van der Waals surface area contributed by atoms with Crippen molar-refractivity contribution < 1.29 is 14.4 Å². The van der Waals surface area contributed by atoms with Crippen molar-refractivity contribution in [3.63, 3.8) is 0 Å². The van der Waals surface area contributed by atoms with Crippen LogP contribution in [-0.2, 0) is 9.59 Å². The van der Waals surface area contributed by atoms with Crippen molar-refractivity contribution in [1.82, 2.24) is 15.2 Å². The maximum absolute atomic E-state index is 13.0. The van der Waals surface area contributed by atoms with Crippen LogP contribution in [0.4, 0.5) is 9.93 Å². The number of imide groups is 1. The van der Waals surface area contributed by atoms with Gasteiger partial charge < -0.3 is 5.32 Å². The molecule has 0 spiro atoms. The van der Waals surface area contributed by atoms with Gasteiger partial charge in [0.15, 0.2) is 5.13 Å². The third kappa shape index (κ3) is 3.73. The number of nitrogens with one attached hydrogen (secondary N) is 1. The SMILES string of the molecule is C=CCN(C(=O)CN1C(=O)N[C@](C)(C2CC2)C1=O)c1nc(-c2ccc(Cl)cc2)cs1. The Labute approximate surface area is 183 Å². The quantitative estimate of drug-likeness (QED) is 0.521. The Hall–Kier alpha value is -2.71. The molecule has 1 saturated carbocycles. The first-order valence-electron chi connectivity index (χ1n) is 9.60. The molecule has 1 aromatic carbocycles. The van der Waals surface area contributed by atoms with E-state index in [2.05, 4.69) is 16.9 Å². The molecule has 156 valence electrons. The zero-order valence-electron chi connectivity index (χ0n) is 16.4. The van der Waals surface area contributed by atoms with Gasteiger partial charge in [-0.3, -0.25) is 19.4 Å². The van der Waals surface area contributed by atoms with Gasteiger partial charge in [-0.25, -0.2) is 9.78 Å². The Morgan fingerprint density at radius 3 is 2.73 bits per heavy atom. The smallest absolute Gasteiger partial charge is 0.323 e. The summed E-state index contributed by atoms with van der Waals surface area (Å²) < 4.78 is 0. The van der Waals surface area contributed by atoms with E-state index in [9.17, 15) is 14.4 Å². The molecular formula is C21H21ClN4O3S. The zero-order chi connectivity index (χ0) is 21.5. The first-order chi connectivity index (χ1) is 14.3. The lowest BCUT2D eigenvalue weighted by molar-refractivity contribution is -0.134. The first-order valence-corrected chi connectivity index (χ1v) is 10.9. The Bertz CT molecular complexity index is 1020. The van der Waals surface area contributed by atoms with Gasteiger partial charge in [0.2, 0.25) is 5.91 Å². The van der Waals surface area contributed by atoms with Crippen molar-refractivity contribution >= 4 is 45.9 Å². The number of aromatic nitrogens is 1. The van der Waals surface area contributed by atoms with Crippen LogP contribution in [0.5, 0.6) is 0 Å². The van der Waals surface area contributed by atoms with E-state index in [0.29, 0.717) is 15.8 Å². The number of benzene rings is 1. The lowest BCUT2D eigenvalue weighted by Gasteiger charge is -2.23. The highest BCUT2D eigenvalue weighted by atomic mass is 35.5. The number of anilines is 1. The fourth-order valence-corrected chi connectivity index (χ4v) is 4.56. The average molecular weight is 445 g/mol. The van der Waals surface area contributed by atoms with E-state index >= 15 is 0 Å². The topological polar surface area (TPSA) is 82.6 Å². The lowest BCUT2D eigenvalue weighted by atomic mass is 9.96. The molecule has 2 heterocycles. The molecule has 2 aliphatic rings. The van der Waals surface area contributed by atoms with E-state index in [1.165, 1.54) is 16.2 Å². The van der Waals surface area contributed by atoms with Gasteiger partial charge in [-0.1, -0.05) is 29.8 Å². The van der Waals surface area contributed by atoms with Gasteiger partial charge in [-0.15, -0.1) is 17.9 Å². The van der Waals surface area contributed by atoms with E-state index in [-0.39, 0.29) is 24.9 Å². The van der Waals surface area contributed by atoms with Gasteiger partial charge in [0.25, 0.3) is 5.91 Å². The molecule has 4 rings (SSSR count). The van der Waals surface area contributed by atoms with Crippen LogP contribution in [0.1, 0.15) is 19.8 Å². The predicted octanol–water partition coefficient (Wildman–Crippen LogP) is 3.70. The molecule has 30 heavy (non-hydrogen) atoms. The summed E-state index contributed by atoms with van der Waals surface area (Å²) in [6, 6.07) is 6.73. The summed E-state index contributed by atoms with van der Waals surface area (Å²) >= 11 is 7.25. The molecule has 1 saturated heterocycles. The maximum atomic E-state index is 13.0. The van der Waals surface area contributed by atoms with Crippen LogP contribution in [0.15, 0.2) is 42.3 Å². The molecule has 2 fully saturated rings. The summed E-state index contributed by atoms with van der Waals surface area (Å²) in [5.74, 6) is -0.599. The fourth-order valence-electron chi connectivity index (χ4n) is 3.57. The summed E-state index contributed by atoms with van der Waals surface area (Å²) in [6.07, 6.45) is 3.39. The van der Waals surface area contributed by atoms with Crippen molar-refractivity contribution in [2.45, 2.75) is 25.3 Å². The van der Waals surface area contributed by atoms with Gasteiger partial charge in [0.05, 0.1) is 5.69 Å². The van der Waals surface area contributed by atoms with Gasteiger partial charge in [0.1, 0.15) is 12.1 Å². The number of halogens is 1. The number of hydrogen-bond donors (Lipinski definition) is 1. The second-order valence-electron chi connectivity index (χ2n) is 7.61. The number of nitrogens with zero attached hydrogens (tertiary/aromatic N) is 3. The highest BCUT2D eigenvalue weighted by Gasteiger charge is 2.56. The first kappa shape index (κ1) is 20.6. The molecular weight excluding hydrogens is 424 g/mol. The van der Waals surface area contributed by atoms with Crippen LogP contribution in [0.25, 0.3) is 11.3 Å². The normalized spacial score (nSPS) is 20.9. The molecule has 9 heteroatoms. The maximum Gasteiger partial charge on any atom is 0.325 e. The van der Waals surface area contributed by atoms with Crippen LogP contribution >= 0.6 is 22.9 Å². The molecule has 0 bridgehead atoms. The van der Waals surface area contributed by atoms with Gasteiger partial charge in [-0.2, -0.15) is 0 Å². The molecule has 4 amide bonds. The Kier molecular flexibility index (Phi) is 5.38. The van der Waals surface area contributed by atoms with Crippen molar-refractivity contribution in [3.05, 3.63) is 47.3 Å². The van der Waals surface area contributed by atoms with Crippen molar-refractivity contribution in [1.29, 1.82) is 0 Å². The average Bonchev–Trinajstić information content (AvgIpc) is 3.44. The predicted molar refractivity (Wildman–Crippen MR) is 116 cm³/mol. The van der Waals surface area contributed by atoms with Crippen LogP contribution in [0.2, 0.25) is 5.02 Å². The van der Waals surface area contributed by atoms with Crippen LogP contribution in [0, 0.1) is 5.92 Å². The van der Waals surface area contributed by atoms with Gasteiger partial charge >= 0.3 is 6.03 Å². The van der Waals surface area contributed by atoms with Gasteiger partial charge in [0, 0.05) is 22.5 Å². The highest BCUT2D eigenvalue weighted by molar-refractivity contribution is 7.14. The molecule has 1 aromatic heterocycles. The number of rotatable bonds is 7. The molecule has 1 aliphatic heterocycles. The second kappa shape index (κ2) is 7.85. The third-order valence-corrected chi connectivity index (χ3v) is 6.58. The highest BCUT2D eigenvalue weighted by Crippen LogP contribution is 2.42. The molecule has 0 radical (unpaired) electrons. The summed E-state index contributed by atoms with van der Waals surface area (Å²) in [5.41, 5.74) is 0.677. The summed E-state index contributed by atoms with van der Waals surface area (Å²) in [7, 11) is 0. The molecule has 1 N–H and O–H groups in total. The molecule has 1 aliphatic carbocycles. The minimum atomic E-state index is -0.913. The largest absolute Gasteiger partial charge is 0.325 e. The van der Waals surface area contributed by atoms with E-state index in [1.807, 2.05) is 17.5 Å². The Morgan fingerprint density at radius 2 is 2.10 bits per heavy atom. The molecule has 1 atom stereocenters. The Morgan fingerprint density at radius 1 is 1.40 bits per heavy atom. The number of carbonyl (C=O) groups is 3. The van der Waals surface area contributed by atoms with E-state index in [4.69, 9.17) is 11.6 Å². The molecule has 0 unspecified atom stereocenters. The summed E-state index contributed by atoms with van der Waals surface area (Å²) in [5, 5.41) is 5.71. The minimum Gasteiger partial charge on any atom is -0.323 e. The number of urea groups is 1. The number of carbonyl (C=O) groups excluding carboxylic acids is 3. The van der Waals surface area contributed by atoms with Gasteiger partial charge in [-0.05, 0) is 37.8 Å². The van der Waals surface area contributed by atoms with E-state index in [0.717, 1.165) is 23.3 Å². The third-order valence-electron chi connectivity index (χ3n) is 5.46. The molecule has 2 aromatic rings. The Balaban J connectivity index is 1.52. The van der Waals surface area contributed by atoms with Crippen molar-refractivity contribution in [2.24, 2.45) is 5.92 Å². The lowest BCUT2D eigenvalue weighted by Crippen LogP contribution is -2.47. The molecule has 7 nitrogen and oxygen atoms in total. The number of thiazole rings is 1. The van der Waals surface area contributed by atoms with Crippen molar-refractivity contribution in [2.75, 3.05) is 18.0 Å². The van der Waals surface area contributed by atoms with Crippen molar-refractivity contribution in [3.8, 4) is 11.3 Å². The van der Waals surface area contributed by atoms with Crippen LogP contribution in [0.3, 0.4) is 0 Å². The van der Waals surface area contributed by atoms with E-state index in [1.54, 1.807) is 25.1 Å². The van der Waals surface area contributed by atoms with Crippen LogP contribution in [-0.4, -0.2) is 46.4 Å². The summed E-state index contributed by atoms with van der Waals surface area (Å²) in [4.78, 5) is 45.2. The fraction of sp³-hybridized carbons (Fsp3) is 0.333. The monoisotopic (exact) mass is 444 g/mol.